The van der Waals surface area contributed by atoms with Crippen molar-refractivity contribution in [3.63, 3.8) is 0 Å². The topological polar surface area (TPSA) is 43.8 Å². The number of nitrogen functional groups attached to an aromatic ring is 1. The van der Waals surface area contributed by atoms with Gasteiger partial charge in [-0.1, -0.05) is 17.7 Å². The molecule has 0 aliphatic carbocycles. The summed E-state index contributed by atoms with van der Waals surface area (Å²) in [5.74, 6) is 0. The summed E-state index contributed by atoms with van der Waals surface area (Å²) in [4.78, 5) is 4.32. The molecule has 0 radical (unpaired) electrons. The molecule has 2 heterocycles. The van der Waals surface area contributed by atoms with Gasteiger partial charge >= 0.3 is 0 Å². The second-order valence-electron chi connectivity index (χ2n) is 4.20. The highest BCUT2D eigenvalue weighted by Crippen LogP contribution is 2.28. The summed E-state index contributed by atoms with van der Waals surface area (Å²) in [5, 5.41) is 1.70. The molecule has 3 rings (SSSR count). The largest absolute Gasteiger partial charge is 0.399 e. The molecule has 0 saturated heterocycles. The molecule has 90 valence electrons. The Hall–Kier alpha value is -2.00. The Morgan fingerprint density at radius 3 is 2.89 bits per heavy atom. The van der Waals surface area contributed by atoms with Crippen LogP contribution in [0.1, 0.15) is 5.69 Å². The Kier molecular flexibility index (Phi) is 2.68. The van der Waals surface area contributed by atoms with E-state index in [1.54, 1.807) is 6.20 Å². The summed E-state index contributed by atoms with van der Waals surface area (Å²) >= 11 is 6.22. The van der Waals surface area contributed by atoms with Crippen LogP contribution in [-0.2, 0) is 6.54 Å². The van der Waals surface area contributed by atoms with E-state index in [0.29, 0.717) is 11.6 Å². The number of nitrogens with zero attached hydrogens (tertiary/aromatic N) is 2. The lowest BCUT2D eigenvalue weighted by Gasteiger charge is -2.04. The van der Waals surface area contributed by atoms with Gasteiger partial charge in [-0.25, -0.2) is 0 Å². The van der Waals surface area contributed by atoms with E-state index in [1.165, 1.54) is 0 Å². The third kappa shape index (κ3) is 1.93. The maximum atomic E-state index is 6.22. The van der Waals surface area contributed by atoms with E-state index >= 15 is 0 Å². The molecule has 18 heavy (non-hydrogen) atoms. The summed E-state index contributed by atoms with van der Waals surface area (Å²) in [6.45, 7) is 0.702. The molecule has 0 bridgehead atoms. The van der Waals surface area contributed by atoms with Gasteiger partial charge in [0.05, 0.1) is 22.8 Å². The van der Waals surface area contributed by atoms with E-state index in [9.17, 15) is 0 Å². The monoisotopic (exact) mass is 257 g/mol. The van der Waals surface area contributed by atoms with E-state index in [-0.39, 0.29) is 0 Å². The first kappa shape index (κ1) is 11.1. The maximum absolute atomic E-state index is 6.22. The Labute approximate surface area is 110 Å². The van der Waals surface area contributed by atoms with Gasteiger partial charge in [0.1, 0.15) is 0 Å². The van der Waals surface area contributed by atoms with Crippen molar-refractivity contribution < 1.29 is 0 Å². The number of halogens is 1. The van der Waals surface area contributed by atoms with Crippen molar-refractivity contribution in [1.29, 1.82) is 0 Å². The number of nitrogens with two attached hydrogens (primary N) is 1. The number of aromatic nitrogens is 2. The molecule has 2 aromatic heterocycles. The molecular weight excluding hydrogens is 246 g/mol. The number of rotatable bonds is 2. The van der Waals surface area contributed by atoms with Crippen LogP contribution in [-0.4, -0.2) is 9.55 Å². The first-order chi connectivity index (χ1) is 8.74. The van der Waals surface area contributed by atoms with Crippen molar-refractivity contribution in [1.82, 2.24) is 9.55 Å². The molecule has 3 nitrogen and oxygen atoms in total. The van der Waals surface area contributed by atoms with Crippen LogP contribution in [0.4, 0.5) is 5.69 Å². The van der Waals surface area contributed by atoms with Gasteiger partial charge in [-0.3, -0.25) is 4.98 Å². The highest BCUT2D eigenvalue weighted by atomic mass is 35.5. The highest BCUT2D eigenvalue weighted by Gasteiger charge is 2.07. The Bertz CT molecular complexity index is 689. The van der Waals surface area contributed by atoms with Gasteiger partial charge in [-0.2, -0.15) is 0 Å². The van der Waals surface area contributed by atoms with Crippen molar-refractivity contribution in [2.75, 3.05) is 5.73 Å². The zero-order valence-corrected chi connectivity index (χ0v) is 10.4. The minimum Gasteiger partial charge on any atom is -0.399 e. The fourth-order valence-electron chi connectivity index (χ4n) is 2.07. The number of benzene rings is 1. The molecule has 0 unspecified atom stereocenters. The average Bonchev–Trinajstić information content (AvgIpc) is 2.67. The minimum atomic E-state index is 0.702. The fraction of sp³-hybridized carbons (Fsp3) is 0.0714. The molecule has 2 N–H and O–H groups in total. The van der Waals surface area contributed by atoms with E-state index in [1.807, 2.05) is 42.6 Å². The molecule has 1 aromatic carbocycles. The number of anilines is 1. The van der Waals surface area contributed by atoms with Crippen molar-refractivity contribution in [3.05, 3.63) is 59.5 Å². The van der Waals surface area contributed by atoms with Gasteiger partial charge in [0.15, 0.2) is 0 Å². The van der Waals surface area contributed by atoms with Crippen LogP contribution in [0.2, 0.25) is 5.02 Å². The first-order valence-corrected chi connectivity index (χ1v) is 6.05. The number of hydrogen-bond acceptors (Lipinski definition) is 2. The third-order valence-electron chi connectivity index (χ3n) is 2.92. The van der Waals surface area contributed by atoms with E-state index in [0.717, 1.165) is 22.3 Å². The maximum Gasteiger partial charge on any atom is 0.0662 e. The highest BCUT2D eigenvalue weighted by molar-refractivity contribution is 6.35. The lowest BCUT2D eigenvalue weighted by molar-refractivity contribution is 0.808. The van der Waals surface area contributed by atoms with Gasteiger partial charge in [0.2, 0.25) is 0 Å². The van der Waals surface area contributed by atoms with E-state index in [4.69, 9.17) is 17.3 Å². The normalized spacial score (nSPS) is 10.9. The van der Waals surface area contributed by atoms with Crippen LogP contribution in [0, 0.1) is 0 Å². The first-order valence-electron chi connectivity index (χ1n) is 5.68. The van der Waals surface area contributed by atoms with Crippen LogP contribution < -0.4 is 5.73 Å². The Balaban J connectivity index is 2.08. The molecule has 0 spiro atoms. The predicted molar refractivity (Wildman–Crippen MR) is 74.7 cm³/mol. The van der Waals surface area contributed by atoms with E-state index in [2.05, 4.69) is 9.55 Å². The Morgan fingerprint density at radius 1 is 1.22 bits per heavy atom. The average molecular weight is 258 g/mol. The minimum absolute atomic E-state index is 0.702. The number of fused-ring (bicyclic) bond motifs is 1. The summed E-state index contributed by atoms with van der Waals surface area (Å²) in [7, 11) is 0. The lowest BCUT2D eigenvalue weighted by atomic mass is 10.2. The molecule has 3 aromatic rings. The van der Waals surface area contributed by atoms with Crippen LogP contribution in [0.5, 0.6) is 0 Å². The van der Waals surface area contributed by atoms with Crippen LogP contribution in [0.25, 0.3) is 10.9 Å². The molecule has 0 fully saturated rings. The molecule has 0 amide bonds. The van der Waals surface area contributed by atoms with Crippen molar-refractivity contribution in [2.24, 2.45) is 0 Å². The number of hydrogen-bond donors (Lipinski definition) is 1. The number of pyridine rings is 1. The molecule has 0 aliphatic rings. The molecule has 0 aliphatic heterocycles. The van der Waals surface area contributed by atoms with Gasteiger partial charge in [-0.05, 0) is 30.3 Å². The van der Waals surface area contributed by atoms with Crippen molar-refractivity contribution in [3.8, 4) is 0 Å². The standard InChI is InChI=1S/C14H12ClN3/c15-13-9-18(8-11-3-1-2-6-17-11)14-5-4-10(16)7-12(13)14/h1-7,9H,8,16H2. The second kappa shape index (κ2) is 4.35. The molecule has 4 heteroatoms. The van der Waals surface area contributed by atoms with Crippen molar-refractivity contribution >= 4 is 28.2 Å². The van der Waals surface area contributed by atoms with Crippen molar-refractivity contribution in [2.45, 2.75) is 6.54 Å². The quantitative estimate of drug-likeness (QED) is 0.716. The zero-order chi connectivity index (χ0) is 12.5. The summed E-state index contributed by atoms with van der Waals surface area (Å²) in [5.41, 5.74) is 8.57. The fourth-order valence-corrected chi connectivity index (χ4v) is 2.34. The summed E-state index contributed by atoms with van der Waals surface area (Å²) in [6, 6.07) is 11.6. The van der Waals surface area contributed by atoms with Crippen LogP contribution >= 0.6 is 11.6 Å². The van der Waals surface area contributed by atoms with E-state index < -0.39 is 0 Å². The molecular formula is C14H12ClN3. The summed E-state index contributed by atoms with van der Waals surface area (Å²) in [6.07, 6.45) is 3.71. The zero-order valence-electron chi connectivity index (χ0n) is 9.68. The van der Waals surface area contributed by atoms with Gasteiger partial charge in [0.25, 0.3) is 0 Å². The van der Waals surface area contributed by atoms with Gasteiger partial charge < -0.3 is 10.3 Å². The second-order valence-corrected chi connectivity index (χ2v) is 4.61. The summed E-state index contributed by atoms with van der Waals surface area (Å²) < 4.78 is 2.08. The lowest BCUT2D eigenvalue weighted by Crippen LogP contribution is -1.99. The molecule has 0 atom stereocenters. The van der Waals surface area contributed by atoms with Crippen LogP contribution in [0.3, 0.4) is 0 Å². The van der Waals surface area contributed by atoms with Crippen LogP contribution in [0.15, 0.2) is 48.8 Å². The predicted octanol–water partition coefficient (Wildman–Crippen LogP) is 3.32. The molecule has 0 saturated carbocycles. The third-order valence-corrected chi connectivity index (χ3v) is 3.22. The smallest absolute Gasteiger partial charge is 0.0662 e. The SMILES string of the molecule is Nc1ccc2c(c1)c(Cl)cn2Cc1ccccn1. The van der Waals surface area contributed by atoms with Gasteiger partial charge in [-0.15, -0.1) is 0 Å². The van der Waals surface area contributed by atoms with Gasteiger partial charge in [0, 0.05) is 23.5 Å². The Morgan fingerprint density at radius 2 is 2.11 bits per heavy atom.